The number of halogens is 3. The number of anilines is 2. The molecule has 1 atom stereocenters. The zero-order chi connectivity index (χ0) is 20.6. The molecule has 4 aromatic rings. The van der Waals surface area contributed by atoms with Crippen LogP contribution in [0.3, 0.4) is 0 Å². The summed E-state index contributed by atoms with van der Waals surface area (Å²) in [6, 6.07) is 11.9. The van der Waals surface area contributed by atoms with E-state index in [1.54, 1.807) is 48.3 Å². The van der Waals surface area contributed by atoms with E-state index in [2.05, 4.69) is 20.3 Å². The molecule has 0 saturated heterocycles. The van der Waals surface area contributed by atoms with Crippen LogP contribution in [0.2, 0.25) is 0 Å². The van der Waals surface area contributed by atoms with E-state index in [-0.39, 0.29) is 0 Å². The molecule has 0 spiro atoms. The van der Waals surface area contributed by atoms with Crippen LogP contribution < -0.4 is 11.1 Å². The molecule has 0 fully saturated rings. The van der Waals surface area contributed by atoms with E-state index in [0.717, 1.165) is 23.2 Å². The van der Waals surface area contributed by atoms with Gasteiger partial charge in [0.1, 0.15) is 12.1 Å². The second-order valence-corrected chi connectivity index (χ2v) is 6.59. The van der Waals surface area contributed by atoms with Crippen molar-refractivity contribution in [2.75, 3.05) is 11.1 Å². The Balaban J connectivity index is 1.61. The van der Waals surface area contributed by atoms with Crippen LogP contribution in [-0.4, -0.2) is 19.5 Å². The van der Waals surface area contributed by atoms with Gasteiger partial charge in [-0.1, -0.05) is 12.1 Å². The van der Waals surface area contributed by atoms with E-state index in [1.165, 1.54) is 6.07 Å². The largest absolute Gasteiger partial charge is 0.416 e. The number of nitrogens with zero attached hydrogens (tertiary/aromatic N) is 4. The highest BCUT2D eigenvalue weighted by Gasteiger charge is 2.30. The molecule has 6 nitrogen and oxygen atoms in total. The molecule has 3 N–H and O–H groups in total. The number of fused-ring (bicyclic) bond motifs is 1. The average Bonchev–Trinajstić information content (AvgIpc) is 3.10. The minimum Gasteiger partial charge on any atom is -0.399 e. The van der Waals surface area contributed by atoms with Gasteiger partial charge in [0.15, 0.2) is 0 Å². The van der Waals surface area contributed by atoms with Crippen molar-refractivity contribution < 1.29 is 13.2 Å². The predicted molar refractivity (Wildman–Crippen MR) is 105 cm³/mol. The molecule has 4 rings (SSSR count). The second kappa shape index (κ2) is 7.08. The molecule has 9 heteroatoms. The Morgan fingerprint density at radius 1 is 1.07 bits per heavy atom. The molecular weight excluding hydrogens is 381 g/mol. The summed E-state index contributed by atoms with van der Waals surface area (Å²) in [5, 5.41) is 3.05. The summed E-state index contributed by atoms with van der Waals surface area (Å²) in [6.45, 7) is 1.75. The van der Waals surface area contributed by atoms with E-state index in [9.17, 15) is 13.2 Å². The van der Waals surface area contributed by atoms with Crippen molar-refractivity contribution in [1.29, 1.82) is 0 Å². The highest BCUT2D eigenvalue weighted by Crippen LogP contribution is 2.31. The number of aromatic nitrogens is 4. The molecule has 29 heavy (non-hydrogen) atoms. The number of alkyl halides is 3. The van der Waals surface area contributed by atoms with Crippen molar-refractivity contribution in [3.8, 4) is 5.82 Å². The van der Waals surface area contributed by atoms with E-state index in [4.69, 9.17) is 5.73 Å². The second-order valence-electron chi connectivity index (χ2n) is 6.59. The first-order chi connectivity index (χ1) is 13.8. The molecule has 0 aliphatic heterocycles. The topological polar surface area (TPSA) is 81.7 Å². The van der Waals surface area contributed by atoms with Crippen molar-refractivity contribution >= 4 is 22.7 Å². The van der Waals surface area contributed by atoms with Crippen LogP contribution >= 0.6 is 0 Å². The lowest BCUT2D eigenvalue weighted by molar-refractivity contribution is -0.137. The Morgan fingerprint density at radius 3 is 2.69 bits per heavy atom. The molecule has 0 aliphatic carbocycles. The third-order valence-electron chi connectivity index (χ3n) is 4.52. The van der Waals surface area contributed by atoms with Crippen LogP contribution in [0.25, 0.3) is 16.9 Å². The maximum Gasteiger partial charge on any atom is 0.416 e. The fourth-order valence-corrected chi connectivity index (χ4v) is 3.03. The summed E-state index contributed by atoms with van der Waals surface area (Å²) in [5.74, 6) is 0.871. The summed E-state index contributed by atoms with van der Waals surface area (Å²) >= 11 is 0. The van der Waals surface area contributed by atoms with Crippen molar-refractivity contribution in [3.63, 3.8) is 0 Å². The summed E-state index contributed by atoms with van der Waals surface area (Å²) < 4.78 is 40.7. The fourth-order valence-electron chi connectivity index (χ4n) is 3.03. The molecule has 0 amide bonds. The van der Waals surface area contributed by atoms with Crippen LogP contribution in [0.1, 0.15) is 24.1 Å². The summed E-state index contributed by atoms with van der Waals surface area (Å²) in [4.78, 5) is 13.0. The van der Waals surface area contributed by atoms with E-state index >= 15 is 0 Å². The van der Waals surface area contributed by atoms with Crippen LogP contribution in [0.15, 0.2) is 61.1 Å². The van der Waals surface area contributed by atoms with Gasteiger partial charge in [0, 0.05) is 11.9 Å². The van der Waals surface area contributed by atoms with Crippen molar-refractivity contribution in [2.24, 2.45) is 0 Å². The molecule has 0 radical (unpaired) electrons. The number of nitrogen functional groups attached to an aromatic ring is 1. The lowest BCUT2D eigenvalue weighted by Gasteiger charge is -2.16. The van der Waals surface area contributed by atoms with Crippen LogP contribution in [-0.2, 0) is 6.18 Å². The molecule has 0 unspecified atom stereocenters. The zero-order valence-electron chi connectivity index (χ0n) is 15.4. The van der Waals surface area contributed by atoms with E-state index < -0.39 is 17.8 Å². The lowest BCUT2D eigenvalue weighted by atomic mass is 10.1. The minimum absolute atomic E-state index is 0.296. The van der Waals surface area contributed by atoms with Gasteiger partial charge in [-0.25, -0.2) is 9.97 Å². The Labute approximate surface area is 164 Å². The Hall–Kier alpha value is -3.62. The van der Waals surface area contributed by atoms with Gasteiger partial charge in [0.05, 0.1) is 22.6 Å². The van der Waals surface area contributed by atoms with Crippen LogP contribution in [0.4, 0.5) is 24.8 Å². The van der Waals surface area contributed by atoms with E-state index in [0.29, 0.717) is 23.0 Å². The Kier molecular flexibility index (Phi) is 4.57. The number of hydrogen-bond donors (Lipinski definition) is 2. The van der Waals surface area contributed by atoms with Crippen molar-refractivity contribution in [3.05, 3.63) is 72.2 Å². The first kappa shape index (κ1) is 18.7. The molecule has 2 aromatic carbocycles. The Bertz CT molecular complexity index is 1170. The number of imidazole rings is 1. The van der Waals surface area contributed by atoms with Crippen LogP contribution in [0, 0.1) is 0 Å². The number of benzene rings is 2. The van der Waals surface area contributed by atoms with Gasteiger partial charge in [-0.2, -0.15) is 18.2 Å². The third kappa shape index (κ3) is 3.84. The van der Waals surface area contributed by atoms with Gasteiger partial charge >= 0.3 is 6.18 Å². The first-order valence-electron chi connectivity index (χ1n) is 8.81. The summed E-state index contributed by atoms with van der Waals surface area (Å²) in [5.41, 5.74) is 7.75. The van der Waals surface area contributed by atoms with Crippen molar-refractivity contribution in [1.82, 2.24) is 19.5 Å². The molecule has 148 valence electrons. The van der Waals surface area contributed by atoms with Gasteiger partial charge in [-0.15, -0.1) is 0 Å². The normalized spacial score (nSPS) is 12.8. The maximum absolute atomic E-state index is 13.0. The van der Waals surface area contributed by atoms with E-state index in [1.807, 2.05) is 6.07 Å². The fraction of sp³-hybridized carbons (Fsp3) is 0.150. The number of nitrogens with two attached hydrogens (primary N) is 1. The molecule has 0 bridgehead atoms. The van der Waals surface area contributed by atoms with Gasteiger partial charge < -0.3 is 11.1 Å². The highest BCUT2D eigenvalue weighted by molar-refractivity contribution is 5.80. The molecular formula is C20H17F3N6. The smallest absolute Gasteiger partial charge is 0.399 e. The summed E-state index contributed by atoms with van der Waals surface area (Å²) in [6.07, 6.45) is -1.18. The molecule has 0 aliphatic rings. The van der Waals surface area contributed by atoms with Gasteiger partial charge in [-0.3, -0.25) is 4.57 Å². The van der Waals surface area contributed by atoms with Gasteiger partial charge in [-0.05, 0) is 48.9 Å². The monoisotopic (exact) mass is 398 g/mol. The maximum atomic E-state index is 13.0. The third-order valence-corrected chi connectivity index (χ3v) is 4.52. The predicted octanol–water partition coefficient (Wildman–Crippen LogP) is 4.59. The minimum atomic E-state index is -4.39. The van der Waals surface area contributed by atoms with Crippen LogP contribution in [0.5, 0.6) is 0 Å². The molecule has 0 saturated carbocycles. The highest BCUT2D eigenvalue weighted by atomic mass is 19.4. The number of hydrogen-bond acceptors (Lipinski definition) is 5. The summed E-state index contributed by atoms with van der Waals surface area (Å²) in [7, 11) is 0. The number of rotatable bonds is 4. The lowest BCUT2D eigenvalue weighted by Crippen LogP contribution is -2.12. The quantitative estimate of drug-likeness (QED) is 0.492. The number of nitrogens with one attached hydrogen (secondary N) is 1. The first-order valence-corrected chi connectivity index (χ1v) is 8.81. The average molecular weight is 398 g/mol. The Morgan fingerprint density at radius 2 is 1.90 bits per heavy atom. The standard InChI is InChI=1S/C20H17F3N6/c1-12(13-3-2-4-14(9-13)20(21,22)23)27-19-25-8-7-18(28-19)29-11-26-16-10-15(24)5-6-17(16)29/h2-12H,24H2,1H3,(H,25,27,28)/t12-/m0/s1. The SMILES string of the molecule is C[C@H](Nc1nccc(-n2cnc3cc(N)ccc32)n1)c1cccc(C(F)(F)F)c1. The van der Waals surface area contributed by atoms with Gasteiger partial charge in [0.2, 0.25) is 5.95 Å². The van der Waals surface area contributed by atoms with Gasteiger partial charge in [0.25, 0.3) is 0 Å². The van der Waals surface area contributed by atoms with Crippen molar-refractivity contribution in [2.45, 2.75) is 19.1 Å². The molecule has 2 aromatic heterocycles. The molecule has 2 heterocycles. The zero-order valence-corrected chi connectivity index (χ0v) is 15.4.